The van der Waals surface area contributed by atoms with Gasteiger partial charge in [0, 0.05) is 29.7 Å². The van der Waals surface area contributed by atoms with Crippen molar-refractivity contribution in [1.29, 1.82) is 0 Å². The molecule has 21 heavy (non-hydrogen) atoms. The molecule has 0 bridgehead atoms. The molecule has 0 aliphatic heterocycles. The zero-order valence-corrected chi connectivity index (χ0v) is 11.9. The summed E-state index contributed by atoms with van der Waals surface area (Å²) in [6.07, 6.45) is -0.869. The first-order valence-electron chi connectivity index (χ1n) is 6.42. The summed E-state index contributed by atoms with van der Waals surface area (Å²) < 4.78 is 28.0. The fourth-order valence-corrected chi connectivity index (χ4v) is 2.21. The summed E-state index contributed by atoms with van der Waals surface area (Å²) in [6, 6.07) is 11.9. The number of rotatable bonds is 5. The van der Waals surface area contributed by atoms with Crippen LogP contribution in [-0.2, 0) is 5.92 Å². The molecule has 0 saturated heterocycles. The van der Waals surface area contributed by atoms with Crippen molar-refractivity contribution >= 4 is 23.1 Å². The molecule has 0 saturated carbocycles. The second-order valence-electron chi connectivity index (χ2n) is 4.73. The molecule has 0 aromatic heterocycles. The zero-order chi connectivity index (χ0) is 15.5. The Bertz CT molecular complexity index is 644. The number of hydrogen-bond acceptors (Lipinski definition) is 2. The lowest BCUT2D eigenvalue weighted by Gasteiger charge is -2.16. The van der Waals surface area contributed by atoms with E-state index in [2.05, 4.69) is 0 Å². The number of ketones is 1. The second-order valence-corrected chi connectivity index (χ2v) is 5.14. The van der Waals surface area contributed by atoms with Crippen LogP contribution in [0.2, 0.25) is 5.02 Å². The Kier molecular flexibility index (Phi) is 4.58. The van der Waals surface area contributed by atoms with Gasteiger partial charge in [0.25, 0.3) is 5.92 Å². The highest BCUT2D eigenvalue weighted by Gasteiger charge is 2.32. The fourth-order valence-electron chi connectivity index (χ4n) is 1.99. The lowest BCUT2D eigenvalue weighted by Crippen LogP contribution is -2.15. The predicted molar refractivity (Wildman–Crippen MR) is 79.8 cm³/mol. The van der Waals surface area contributed by atoms with Crippen LogP contribution in [0.4, 0.5) is 14.5 Å². The lowest BCUT2D eigenvalue weighted by molar-refractivity contribution is -0.0140. The second kappa shape index (κ2) is 6.22. The third-order valence-electron chi connectivity index (χ3n) is 3.15. The largest absolute Gasteiger partial charge is 0.399 e. The van der Waals surface area contributed by atoms with Crippen molar-refractivity contribution in [3.63, 3.8) is 0 Å². The monoisotopic (exact) mass is 309 g/mol. The van der Waals surface area contributed by atoms with Crippen LogP contribution in [-0.4, -0.2) is 5.78 Å². The van der Waals surface area contributed by atoms with E-state index in [0.29, 0.717) is 5.69 Å². The normalized spacial score (nSPS) is 11.4. The highest BCUT2D eigenvalue weighted by molar-refractivity contribution is 6.34. The molecule has 0 radical (unpaired) electrons. The first-order chi connectivity index (χ1) is 9.90. The van der Waals surface area contributed by atoms with Gasteiger partial charge in [-0.25, -0.2) is 8.78 Å². The van der Waals surface area contributed by atoms with Crippen molar-refractivity contribution in [1.82, 2.24) is 0 Å². The van der Waals surface area contributed by atoms with Gasteiger partial charge >= 0.3 is 0 Å². The summed E-state index contributed by atoms with van der Waals surface area (Å²) in [5.41, 5.74) is 6.03. The van der Waals surface area contributed by atoms with Crippen molar-refractivity contribution in [3.05, 3.63) is 64.7 Å². The van der Waals surface area contributed by atoms with E-state index < -0.39 is 18.1 Å². The Labute approximate surface area is 126 Å². The van der Waals surface area contributed by atoms with Crippen molar-refractivity contribution in [2.75, 3.05) is 5.73 Å². The van der Waals surface area contributed by atoms with E-state index in [9.17, 15) is 13.6 Å². The molecule has 2 rings (SSSR count). The molecule has 5 heteroatoms. The minimum atomic E-state index is -3.05. The highest BCUT2D eigenvalue weighted by Crippen LogP contribution is 2.33. The van der Waals surface area contributed by atoms with Crippen molar-refractivity contribution in [3.8, 4) is 0 Å². The van der Waals surface area contributed by atoms with Crippen LogP contribution in [0.25, 0.3) is 0 Å². The van der Waals surface area contributed by atoms with Gasteiger partial charge in [0.2, 0.25) is 0 Å². The van der Waals surface area contributed by atoms with Crippen LogP contribution < -0.4 is 5.73 Å². The van der Waals surface area contributed by atoms with Gasteiger partial charge in [0.15, 0.2) is 5.78 Å². The quantitative estimate of drug-likeness (QED) is 0.644. The first kappa shape index (κ1) is 15.4. The number of anilines is 1. The number of benzene rings is 2. The number of carbonyl (C=O) groups excluding carboxylic acids is 1. The Balaban J connectivity index is 2.09. The molecule has 0 aliphatic rings. The molecular formula is C16H14ClF2NO. The van der Waals surface area contributed by atoms with Gasteiger partial charge in [-0.1, -0.05) is 41.9 Å². The third kappa shape index (κ3) is 3.79. The van der Waals surface area contributed by atoms with Crippen molar-refractivity contribution in [2.45, 2.75) is 18.8 Å². The van der Waals surface area contributed by atoms with Crippen LogP contribution >= 0.6 is 11.6 Å². The standard InChI is InChI=1S/C16H14ClF2NO/c17-14-7-6-12(20)10-13(14)15(21)8-9-16(18,19)11-4-2-1-3-5-11/h1-7,10H,8-9,20H2. The van der Waals surface area contributed by atoms with E-state index in [1.807, 2.05) is 0 Å². The molecule has 0 amide bonds. The maximum absolute atomic E-state index is 14.0. The molecule has 0 fully saturated rings. The maximum Gasteiger partial charge on any atom is 0.273 e. The molecule has 0 atom stereocenters. The van der Waals surface area contributed by atoms with Crippen LogP contribution in [0.3, 0.4) is 0 Å². The predicted octanol–water partition coefficient (Wildman–Crippen LogP) is 4.68. The van der Waals surface area contributed by atoms with Crippen molar-refractivity contribution < 1.29 is 13.6 Å². The van der Waals surface area contributed by atoms with Gasteiger partial charge in [-0.05, 0) is 18.2 Å². The van der Waals surface area contributed by atoms with Gasteiger partial charge in [-0.15, -0.1) is 0 Å². The summed E-state index contributed by atoms with van der Waals surface area (Å²) in [5, 5.41) is 0.220. The van der Waals surface area contributed by atoms with E-state index in [1.165, 1.54) is 24.3 Å². The topological polar surface area (TPSA) is 43.1 Å². The third-order valence-corrected chi connectivity index (χ3v) is 3.48. The van der Waals surface area contributed by atoms with E-state index in [4.69, 9.17) is 17.3 Å². The van der Waals surface area contributed by atoms with Crippen LogP contribution in [0.5, 0.6) is 0 Å². The average molecular weight is 310 g/mol. The number of halogens is 3. The number of carbonyl (C=O) groups is 1. The number of Topliss-reactive ketones (excluding diaryl/α,β-unsaturated/α-hetero) is 1. The summed E-state index contributed by atoms with van der Waals surface area (Å²) >= 11 is 5.89. The first-order valence-corrected chi connectivity index (χ1v) is 6.79. The molecule has 110 valence electrons. The van der Waals surface area contributed by atoms with E-state index in [-0.39, 0.29) is 22.6 Å². The van der Waals surface area contributed by atoms with E-state index in [0.717, 1.165) is 0 Å². The van der Waals surface area contributed by atoms with Crippen LogP contribution in [0.15, 0.2) is 48.5 Å². The summed E-state index contributed by atoms with van der Waals surface area (Å²) in [4.78, 5) is 12.0. The molecule has 0 unspecified atom stereocenters. The Morgan fingerprint density at radius 2 is 1.81 bits per heavy atom. The number of nitrogen functional groups attached to an aromatic ring is 1. The van der Waals surface area contributed by atoms with Crippen molar-refractivity contribution in [2.24, 2.45) is 0 Å². The lowest BCUT2D eigenvalue weighted by atomic mass is 9.99. The molecule has 2 aromatic rings. The van der Waals surface area contributed by atoms with E-state index in [1.54, 1.807) is 24.3 Å². The molecule has 0 aliphatic carbocycles. The molecule has 2 nitrogen and oxygen atoms in total. The SMILES string of the molecule is Nc1ccc(Cl)c(C(=O)CCC(F)(F)c2ccccc2)c1. The van der Waals surface area contributed by atoms with Gasteiger partial charge < -0.3 is 5.73 Å². The molecular weight excluding hydrogens is 296 g/mol. The Hall–Kier alpha value is -1.94. The zero-order valence-electron chi connectivity index (χ0n) is 11.2. The average Bonchev–Trinajstić information content (AvgIpc) is 2.48. The minimum Gasteiger partial charge on any atom is -0.399 e. The number of hydrogen-bond donors (Lipinski definition) is 1. The molecule has 2 aromatic carbocycles. The van der Waals surface area contributed by atoms with Gasteiger partial charge in [-0.2, -0.15) is 0 Å². The van der Waals surface area contributed by atoms with Crippen LogP contribution in [0, 0.1) is 0 Å². The van der Waals surface area contributed by atoms with Gasteiger partial charge in [-0.3, -0.25) is 4.79 Å². The Morgan fingerprint density at radius 1 is 1.14 bits per heavy atom. The fraction of sp³-hybridized carbons (Fsp3) is 0.188. The molecule has 2 N–H and O–H groups in total. The number of nitrogens with two attached hydrogens (primary N) is 1. The van der Waals surface area contributed by atoms with E-state index >= 15 is 0 Å². The Morgan fingerprint density at radius 3 is 2.48 bits per heavy atom. The number of alkyl halides is 2. The smallest absolute Gasteiger partial charge is 0.273 e. The summed E-state index contributed by atoms with van der Waals surface area (Å²) in [5.74, 6) is -3.49. The molecule has 0 spiro atoms. The molecule has 0 heterocycles. The summed E-state index contributed by atoms with van der Waals surface area (Å²) in [6.45, 7) is 0. The summed E-state index contributed by atoms with van der Waals surface area (Å²) in [7, 11) is 0. The van der Waals surface area contributed by atoms with Gasteiger partial charge in [0.1, 0.15) is 0 Å². The van der Waals surface area contributed by atoms with Crippen LogP contribution in [0.1, 0.15) is 28.8 Å². The minimum absolute atomic E-state index is 0.100. The highest BCUT2D eigenvalue weighted by atomic mass is 35.5. The maximum atomic E-state index is 14.0. The van der Waals surface area contributed by atoms with Gasteiger partial charge in [0.05, 0.1) is 5.02 Å².